The van der Waals surface area contributed by atoms with Gasteiger partial charge in [-0.15, -0.1) is 0 Å². The van der Waals surface area contributed by atoms with E-state index >= 15 is 0 Å². The lowest BCUT2D eigenvalue weighted by Gasteiger charge is -2.22. The Morgan fingerprint density at radius 1 is 1.36 bits per heavy atom. The van der Waals surface area contributed by atoms with E-state index < -0.39 is 0 Å². The van der Waals surface area contributed by atoms with Crippen LogP contribution < -0.4 is 5.73 Å². The van der Waals surface area contributed by atoms with Crippen LogP contribution in [0, 0.1) is 0 Å². The summed E-state index contributed by atoms with van der Waals surface area (Å²) in [5.41, 5.74) is 5.58. The normalized spacial score (nSPS) is 21.8. The van der Waals surface area contributed by atoms with Gasteiger partial charge in [0, 0.05) is 19.6 Å². The molecule has 1 rings (SSSR count). The van der Waals surface area contributed by atoms with Crippen molar-refractivity contribution >= 4 is 5.91 Å². The molecule has 82 valence electrons. The molecule has 1 saturated heterocycles. The maximum Gasteiger partial charge on any atom is 0.239 e. The Hall–Kier alpha value is -0.610. The van der Waals surface area contributed by atoms with Gasteiger partial charge in [0.1, 0.15) is 0 Å². The topological polar surface area (TPSA) is 49.6 Å². The van der Waals surface area contributed by atoms with Crippen LogP contribution in [-0.2, 0) is 4.79 Å². The van der Waals surface area contributed by atoms with Gasteiger partial charge in [-0.25, -0.2) is 0 Å². The molecule has 0 unspecified atom stereocenters. The first-order valence-corrected chi connectivity index (χ1v) is 5.42. The van der Waals surface area contributed by atoms with Gasteiger partial charge in [-0.1, -0.05) is 6.92 Å². The molecule has 0 aromatic carbocycles. The standard InChI is InChI=1S/C10H21N3O/c1-3-12-5-4-6-13(8-7-12)10(14)9(2)11/h9H,3-8,11H2,1-2H3/t9-/m1/s1. The molecule has 14 heavy (non-hydrogen) atoms. The highest BCUT2D eigenvalue weighted by Crippen LogP contribution is 2.03. The third-order valence-electron chi connectivity index (χ3n) is 2.74. The van der Waals surface area contributed by atoms with Crippen LogP contribution in [0.15, 0.2) is 0 Å². The van der Waals surface area contributed by atoms with Gasteiger partial charge >= 0.3 is 0 Å². The number of carbonyl (C=O) groups excluding carboxylic acids is 1. The lowest BCUT2D eigenvalue weighted by molar-refractivity contribution is -0.132. The smallest absolute Gasteiger partial charge is 0.239 e. The van der Waals surface area contributed by atoms with Crippen LogP contribution in [0.3, 0.4) is 0 Å². The summed E-state index contributed by atoms with van der Waals surface area (Å²) in [5.74, 6) is 0.0861. The lowest BCUT2D eigenvalue weighted by Crippen LogP contribution is -2.43. The third-order valence-corrected chi connectivity index (χ3v) is 2.74. The summed E-state index contributed by atoms with van der Waals surface area (Å²) < 4.78 is 0. The Balaban J connectivity index is 2.45. The van der Waals surface area contributed by atoms with E-state index in [1.807, 2.05) is 4.90 Å². The largest absolute Gasteiger partial charge is 0.340 e. The maximum absolute atomic E-state index is 11.6. The van der Waals surface area contributed by atoms with Gasteiger partial charge in [0.2, 0.25) is 5.91 Å². The molecular weight excluding hydrogens is 178 g/mol. The zero-order chi connectivity index (χ0) is 10.6. The fourth-order valence-corrected chi connectivity index (χ4v) is 1.80. The Morgan fingerprint density at radius 2 is 2.07 bits per heavy atom. The van der Waals surface area contributed by atoms with Crippen molar-refractivity contribution in [1.29, 1.82) is 0 Å². The van der Waals surface area contributed by atoms with Crippen molar-refractivity contribution < 1.29 is 4.79 Å². The Morgan fingerprint density at radius 3 is 2.64 bits per heavy atom. The van der Waals surface area contributed by atoms with Crippen molar-refractivity contribution in [3.63, 3.8) is 0 Å². The zero-order valence-corrected chi connectivity index (χ0v) is 9.20. The van der Waals surface area contributed by atoms with Crippen molar-refractivity contribution in [2.75, 3.05) is 32.7 Å². The van der Waals surface area contributed by atoms with Crippen LogP contribution in [0.2, 0.25) is 0 Å². The van der Waals surface area contributed by atoms with Gasteiger partial charge in [-0.3, -0.25) is 4.79 Å². The minimum Gasteiger partial charge on any atom is -0.340 e. The number of likely N-dealkylation sites (N-methyl/N-ethyl adjacent to an activating group) is 1. The molecule has 4 heteroatoms. The molecule has 1 aliphatic rings. The third kappa shape index (κ3) is 2.96. The first-order valence-electron chi connectivity index (χ1n) is 5.42. The second-order valence-electron chi connectivity index (χ2n) is 3.90. The molecule has 1 aliphatic heterocycles. The van der Waals surface area contributed by atoms with E-state index in [2.05, 4.69) is 11.8 Å². The summed E-state index contributed by atoms with van der Waals surface area (Å²) in [4.78, 5) is 15.9. The molecule has 1 atom stereocenters. The van der Waals surface area contributed by atoms with Gasteiger partial charge < -0.3 is 15.5 Å². The molecular formula is C10H21N3O. The van der Waals surface area contributed by atoms with E-state index in [-0.39, 0.29) is 11.9 Å². The van der Waals surface area contributed by atoms with Crippen molar-refractivity contribution in [2.45, 2.75) is 26.3 Å². The molecule has 0 radical (unpaired) electrons. The molecule has 0 spiro atoms. The minimum absolute atomic E-state index is 0.0861. The van der Waals surface area contributed by atoms with Crippen LogP contribution >= 0.6 is 0 Å². The second-order valence-corrected chi connectivity index (χ2v) is 3.90. The predicted octanol–water partition coefficient (Wildman–Crippen LogP) is -0.112. The van der Waals surface area contributed by atoms with Gasteiger partial charge in [-0.05, 0) is 26.4 Å². The van der Waals surface area contributed by atoms with Crippen molar-refractivity contribution in [3.8, 4) is 0 Å². The van der Waals surface area contributed by atoms with Crippen molar-refractivity contribution in [3.05, 3.63) is 0 Å². The Kier molecular flexibility index (Phi) is 4.35. The zero-order valence-electron chi connectivity index (χ0n) is 9.20. The molecule has 0 aliphatic carbocycles. The summed E-state index contributed by atoms with van der Waals surface area (Å²) in [6.07, 6.45) is 1.06. The van der Waals surface area contributed by atoms with Crippen LogP contribution in [-0.4, -0.2) is 54.5 Å². The number of rotatable bonds is 2. The number of hydrogen-bond donors (Lipinski definition) is 1. The molecule has 0 saturated carbocycles. The van der Waals surface area contributed by atoms with Crippen molar-refractivity contribution in [1.82, 2.24) is 9.80 Å². The minimum atomic E-state index is -0.358. The summed E-state index contributed by atoms with van der Waals surface area (Å²) in [7, 11) is 0. The van der Waals surface area contributed by atoms with E-state index in [1.165, 1.54) is 0 Å². The SMILES string of the molecule is CCN1CCCN(C(=O)[C@@H](C)N)CC1. The first kappa shape index (κ1) is 11.5. The van der Waals surface area contributed by atoms with Gasteiger partial charge in [0.25, 0.3) is 0 Å². The first-order chi connectivity index (χ1) is 6.65. The Labute approximate surface area is 86.0 Å². The molecule has 1 amide bonds. The highest BCUT2D eigenvalue weighted by Gasteiger charge is 2.20. The monoisotopic (exact) mass is 199 g/mol. The van der Waals surface area contributed by atoms with Crippen LogP contribution in [0.25, 0.3) is 0 Å². The molecule has 0 aromatic rings. The summed E-state index contributed by atoms with van der Waals surface area (Å²) in [6.45, 7) is 8.74. The van der Waals surface area contributed by atoms with Gasteiger partial charge in [-0.2, -0.15) is 0 Å². The highest BCUT2D eigenvalue weighted by molar-refractivity contribution is 5.81. The van der Waals surface area contributed by atoms with E-state index in [0.717, 1.165) is 39.1 Å². The molecule has 0 bridgehead atoms. The molecule has 4 nitrogen and oxygen atoms in total. The summed E-state index contributed by atoms with van der Waals surface area (Å²) in [6, 6.07) is -0.358. The second kappa shape index (κ2) is 5.32. The number of hydrogen-bond acceptors (Lipinski definition) is 3. The quantitative estimate of drug-likeness (QED) is 0.675. The fraction of sp³-hybridized carbons (Fsp3) is 0.900. The van der Waals surface area contributed by atoms with Gasteiger partial charge in [0.05, 0.1) is 6.04 Å². The molecule has 0 aromatic heterocycles. The number of carbonyl (C=O) groups is 1. The number of nitrogens with zero attached hydrogens (tertiary/aromatic N) is 2. The summed E-state index contributed by atoms with van der Waals surface area (Å²) >= 11 is 0. The average Bonchev–Trinajstić information content (AvgIpc) is 2.41. The maximum atomic E-state index is 11.6. The summed E-state index contributed by atoms with van der Waals surface area (Å²) in [5, 5.41) is 0. The van der Waals surface area contributed by atoms with Crippen molar-refractivity contribution in [2.24, 2.45) is 5.73 Å². The van der Waals surface area contributed by atoms with E-state index in [0.29, 0.717) is 0 Å². The van der Waals surface area contributed by atoms with Crippen LogP contribution in [0.1, 0.15) is 20.3 Å². The molecule has 2 N–H and O–H groups in total. The predicted molar refractivity (Wildman–Crippen MR) is 57.0 cm³/mol. The Bertz CT molecular complexity index is 194. The van der Waals surface area contributed by atoms with E-state index in [4.69, 9.17) is 5.73 Å². The number of nitrogens with two attached hydrogens (primary N) is 1. The van der Waals surface area contributed by atoms with Gasteiger partial charge in [0.15, 0.2) is 0 Å². The number of amides is 1. The van der Waals surface area contributed by atoms with Crippen LogP contribution in [0.4, 0.5) is 0 Å². The lowest BCUT2D eigenvalue weighted by atomic mass is 10.3. The molecule has 1 heterocycles. The fourth-order valence-electron chi connectivity index (χ4n) is 1.80. The van der Waals surface area contributed by atoms with Crippen LogP contribution in [0.5, 0.6) is 0 Å². The van der Waals surface area contributed by atoms with E-state index in [1.54, 1.807) is 6.92 Å². The molecule has 1 fully saturated rings. The average molecular weight is 199 g/mol. The van der Waals surface area contributed by atoms with E-state index in [9.17, 15) is 4.79 Å². The highest BCUT2D eigenvalue weighted by atomic mass is 16.2.